The molecule has 1 unspecified atom stereocenters. The second kappa shape index (κ2) is 10.4. The third kappa shape index (κ3) is 4.76. The molecule has 3 aromatic carbocycles. The van der Waals surface area contributed by atoms with E-state index in [1.54, 1.807) is 28.0 Å². The molecule has 180 valence electrons. The first-order chi connectivity index (χ1) is 17.8. The van der Waals surface area contributed by atoms with Gasteiger partial charge in [-0.2, -0.15) is 0 Å². The maximum Gasteiger partial charge on any atom is 0.267 e. The number of thiophene rings is 1. The van der Waals surface area contributed by atoms with Crippen LogP contribution in [0.5, 0.6) is 0 Å². The number of rotatable bonds is 7. The van der Waals surface area contributed by atoms with Crippen molar-refractivity contribution in [3.63, 3.8) is 0 Å². The van der Waals surface area contributed by atoms with Crippen molar-refractivity contribution in [2.75, 3.05) is 13.1 Å². The highest BCUT2D eigenvalue weighted by atomic mass is 32.2. The molecule has 1 aliphatic heterocycles. The molecular weight excluding hydrogens is 482 g/mol. The Labute approximate surface area is 219 Å². The highest BCUT2D eigenvalue weighted by molar-refractivity contribution is 7.98. The van der Waals surface area contributed by atoms with Gasteiger partial charge in [0.25, 0.3) is 5.56 Å². The predicted octanol–water partition coefficient (Wildman–Crippen LogP) is 4.92. The number of quaternary nitrogens is 1. The summed E-state index contributed by atoms with van der Waals surface area (Å²) in [5.41, 5.74) is 4.77. The largest absolute Gasteiger partial charge is 0.330 e. The normalized spacial score (nSPS) is 15.2. The topological polar surface area (TPSA) is 39.3 Å². The van der Waals surface area contributed by atoms with Crippen LogP contribution < -0.4 is 10.5 Å². The molecule has 6 heteroatoms. The average molecular weight is 511 g/mol. The molecule has 0 aliphatic carbocycles. The van der Waals surface area contributed by atoms with Gasteiger partial charge in [-0.15, -0.1) is 11.3 Å². The fourth-order valence-electron chi connectivity index (χ4n) is 4.96. The summed E-state index contributed by atoms with van der Waals surface area (Å²) in [6.07, 6.45) is 2.01. The van der Waals surface area contributed by atoms with E-state index in [4.69, 9.17) is 4.98 Å². The molecule has 1 aliphatic rings. The van der Waals surface area contributed by atoms with Crippen LogP contribution in [0.2, 0.25) is 0 Å². The van der Waals surface area contributed by atoms with Gasteiger partial charge in [0.05, 0.1) is 29.0 Å². The fraction of sp³-hybridized carbons (Fsp3) is 0.200. The Bertz CT molecular complexity index is 1530. The van der Waals surface area contributed by atoms with Gasteiger partial charge in [-0.05, 0) is 28.8 Å². The lowest BCUT2D eigenvalue weighted by Crippen LogP contribution is -3.11. The van der Waals surface area contributed by atoms with Crippen LogP contribution in [0.1, 0.15) is 21.6 Å². The molecule has 0 amide bonds. The number of aromatic nitrogens is 2. The zero-order chi connectivity index (χ0) is 24.3. The number of hydrogen-bond donors (Lipinski definition) is 1. The van der Waals surface area contributed by atoms with Crippen molar-refractivity contribution in [1.29, 1.82) is 0 Å². The fourth-order valence-corrected chi connectivity index (χ4v) is 7.26. The van der Waals surface area contributed by atoms with Crippen molar-refractivity contribution in [2.24, 2.45) is 0 Å². The van der Waals surface area contributed by atoms with E-state index < -0.39 is 0 Å². The lowest BCUT2D eigenvalue weighted by atomic mass is 10.0. The van der Waals surface area contributed by atoms with Gasteiger partial charge in [0.2, 0.25) is 0 Å². The van der Waals surface area contributed by atoms with Gasteiger partial charge in [-0.1, -0.05) is 90.6 Å². The van der Waals surface area contributed by atoms with E-state index in [9.17, 15) is 4.79 Å². The number of nitrogens with zero attached hydrogens (tertiary/aromatic N) is 2. The van der Waals surface area contributed by atoms with Gasteiger partial charge >= 0.3 is 0 Å². The maximum atomic E-state index is 14.0. The summed E-state index contributed by atoms with van der Waals surface area (Å²) in [5, 5.41) is 1.58. The van der Waals surface area contributed by atoms with E-state index >= 15 is 0 Å². The van der Waals surface area contributed by atoms with Gasteiger partial charge < -0.3 is 4.90 Å². The SMILES string of the molecule is O=c1c2c3c(sc2nc(SCc2ccccc2)n1-c1ccccc1)C[NH+](CCc1ccccc1)CC3. The average Bonchev–Trinajstić information content (AvgIpc) is 3.30. The predicted molar refractivity (Wildman–Crippen MR) is 149 cm³/mol. The van der Waals surface area contributed by atoms with Crippen LogP contribution >= 0.6 is 23.1 Å². The smallest absolute Gasteiger partial charge is 0.267 e. The van der Waals surface area contributed by atoms with E-state index in [1.807, 2.05) is 41.0 Å². The first-order valence-corrected chi connectivity index (χ1v) is 14.2. The number of fused-ring (bicyclic) bond motifs is 3. The standard InChI is InChI=1S/C30H27N3OS2/c34-29-27-25-17-19-32(18-16-22-10-4-1-5-11-22)20-26(25)36-28(27)31-30(33(29)24-14-8-3-9-15-24)35-21-23-12-6-2-7-13-23/h1-15H,16-21H2/p+1. The van der Waals surface area contributed by atoms with Crippen LogP contribution in [-0.2, 0) is 25.1 Å². The number of hydrogen-bond acceptors (Lipinski definition) is 4. The van der Waals surface area contributed by atoms with E-state index in [1.165, 1.54) is 21.6 Å². The molecule has 36 heavy (non-hydrogen) atoms. The van der Waals surface area contributed by atoms with Crippen molar-refractivity contribution in [3.05, 3.63) is 123 Å². The molecule has 3 heterocycles. The number of nitrogens with one attached hydrogen (secondary N) is 1. The van der Waals surface area contributed by atoms with Gasteiger partial charge in [0.15, 0.2) is 5.16 Å². The van der Waals surface area contributed by atoms with Crippen molar-refractivity contribution in [1.82, 2.24) is 9.55 Å². The van der Waals surface area contributed by atoms with Crippen LogP contribution in [-0.4, -0.2) is 22.6 Å². The first kappa shape index (κ1) is 23.2. The van der Waals surface area contributed by atoms with Crippen molar-refractivity contribution < 1.29 is 4.90 Å². The molecule has 0 bridgehead atoms. The molecular formula is C30H28N3OS2+. The Morgan fingerprint density at radius 1 is 0.889 bits per heavy atom. The molecule has 0 spiro atoms. The minimum Gasteiger partial charge on any atom is -0.330 e. The van der Waals surface area contributed by atoms with E-state index in [2.05, 4.69) is 54.6 Å². The summed E-state index contributed by atoms with van der Waals surface area (Å²) in [6.45, 7) is 3.14. The summed E-state index contributed by atoms with van der Waals surface area (Å²) in [5.74, 6) is 0.772. The highest BCUT2D eigenvalue weighted by Crippen LogP contribution is 2.32. The Hall–Kier alpha value is -3.19. The zero-order valence-corrected chi connectivity index (χ0v) is 21.7. The maximum absolute atomic E-state index is 14.0. The number of para-hydroxylation sites is 1. The molecule has 4 nitrogen and oxygen atoms in total. The van der Waals surface area contributed by atoms with Crippen LogP contribution in [0.3, 0.4) is 0 Å². The summed E-state index contributed by atoms with van der Waals surface area (Å²) >= 11 is 3.35. The van der Waals surface area contributed by atoms with Gasteiger partial charge in [-0.3, -0.25) is 9.36 Å². The molecule has 0 saturated heterocycles. The third-order valence-electron chi connectivity index (χ3n) is 6.85. The molecule has 1 N–H and O–H groups in total. The summed E-state index contributed by atoms with van der Waals surface area (Å²) in [7, 11) is 0. The van der Waals surface area contributed by atoms with Gasteiger partial charge in [-0.25, -0.2) is 4.98 Å². The quantitative estimate of drug-likeness (QED) is 0.250. The monoisotopic (exact) mass is 510 g/mol. The van der Waals surface area contributed by atoms with Crippen LogP contribution in [0.25, 0.3) is 15.9 Å². The van der Waals surface area contributed by atoms with E-state index in [0.717, 1.165) is 59.3 Å². The van der Waals surface area contributed by atoms with Gasteiger partial charge in [0.1, 0.15) is 11.4 Å². The summed E-state index contributed by atoms with van der Waals surface area (Å²) < 4.78 is 1.82. The Kier molecular flexibility index (Phi) is 6.73. The van der Waals surface area contributed by atoms with Crippen molar-refractivity contribution >= 4 is 33.3 Å². The second-order valence-electron chi connectivity index (χ2n) is 9.24. The lowest BCUT2D eigenvalue weighted by molar-refractivity contribution is -0.915. The first-order valence-electron chi connectivity index (χ1n) is 12.4. The van der Waals surface area contributed by atoms with Crippen LogP contribution in [0.15, 0.2) is 101 Å². The van der Waals surface area contributed by atoms with Crippen LogP contribution in [0.4, 0.5) is 0 Å². The molecule has 1 atom stereocenters. The lowest BCUT2D eigenvalue weighted by Gasteiger charge is -2.24. The van der Waals surface area contributed by atoms with Crippen molar-refractivity contribution in [2.45, 2.75) is 30.3 Å². The molecule has 2 aromatic heterocycles. The molecule has 0 saturated carbocycles. The highest BCUT2D eigenvalue weighted by Gasteiger charge is 2.27. The summed E-state index contributed by atoms with van der Waals surface area (Å²) in [6, 6.07) is 31.0. The minimum absolute atomic E-state index is 0.0620. The molecule has 0 fully saturated rings. The second-order valence-corrected chi connectivity index (χ2v) is 11.3. The number of benzene rings is 3. The summed E-state index contributed by atoms with van der Waals surface area (Å²) in [4.78, 5) is 22.9. The number of thioether (sulfide) groups is 1. The molecule has 0 radical (unpaired) electrons. The Balaban J connectivity index is 1.34. The van der Waals surface area contributed by atoms with Crippen LogP contribution in [0, 0.1) is 0 Å². The van der Waals surface area contributed by atoms with Crippen molar-refractivity contribution in [3.8, 4) is 5.69 Å². The molecule has 5 aromatic rings. The molecule has 6 rings (SSSR count). The zero-order valence-electron chi connectivity index (χ0n) is 20.0. The van der Waals surface area contributed by atoms with Gasteiger partial charge in [0, 0.05) is 18.6 Å². The van der Waals surface area contributed by atoms with E-state index in [0.29, 0.717) is 0 Å². The minimum atomic E-state index is 0.0620. The van der Waals surface area contributed by atoms with E-state index in [-0.39, 0.29) is 5.56 Å². The Morgan fingerprint density at radius 2 is 1.56 bits per heavy atom. The third-order valence-corrected chi connectivity index (χ3v) is 8.99. The Morgan fingerprint density at radius 3 is 2.28 bits per heavy atom.